The van der Waals surface area contributed by atoms with Crippen molar-refractivity contribution in [2.45, 2.75) is 0 Å². The molecule has 23 heavy (non-hydrogen) atoms. The number of carbonyl (C=O) groups is 1. The number of hydrogen-bond acceptors (Lipinski definition) is 7. The molecule has 4 aliphatic heterocycles. The molecule has 0 saturated carbocycles. The van der Waals surface area contributed by atoms with Gasteiger partial charge in [0.1, 0.15) is 26.6 Å². The maximum atomic E-state index is 9.47. The van der Waals surface area contributed by atoms with E-state index in [0.717, 1.165) is 31.0 Å². The summed E-state index contributed by atoms with van der Waals surface area (Å²) in [6.45, 7) is 7.47. The Bertz CT molecular complexity index is 368. The van der Waals surface area contributed by atoms with Gasteiger partial charge in [-0.05, 0) is 6.08 Å². The van der Waals surface area contributed by atoms with Gasteiger partial charge in [-0.25, -0.2) is 14.7 Å². The maximum Gasteiger partial charge on any atom is 1.00 e. The summed E-state index contributed by atoms with van der Waals surface area (Å²) in [6.07, 6.45) is 2.08. The molecular formula is C12H22Cl2N5NaO3. The van der Waals surface area contributed by atoms with Gasteiger partial charge in [0.15, 0.2) is 0 Å². The van der Waals surface area contributed by atoms with Crippen molar-refractivity contribution < 1.29 is 61.5 Å². The Kier molecular flexibility index (Phi) is 11.5. The number of quaternary nitrogens is 1. The van der Waals surface area contributed by atoms with E-state index in [2.05, 4.69) is 26.1 Å². The number of carbonyl (C=O) groups excluding carboxylic acids is 1. The van der Waals surface area contributed by atoms with Crippen LogP contribution >= 0.6 is 11.6 Å². The standard InChI is InChI=1S/C9H16ClN4.C3H7NO3.ClH.Na/c10-2-1-3-14-7-11-4-12(8-14)6-13(5-11)9-14;5-2-4-1-3(6)7;;/h1-2H,3-9H2;4-5H,1-2H2,(H,6,7);1H;/q+1;;;+1/p-2. The van der Waals surface area contributed by atoms with Crippen molar-refractivity contribution in [3.8, 4) is 0 Å². The fourth-order valence-electron chi connectivity index (χ4n) is 3.25. The predicted octanol–water partition coefficient (Wildman–Crippen LogP) is -8.47. The molecule has 4 rings (SSSR count). The minimum Gasteiger partial charge on any atom is -1.00 e. The number of aliphatic hydroxyl groups is 1. The van der Waals surface area contributed by atoms with E-state index in [4.69, 9.17) is 16.7 Å². The van der Waals surface area contributed by atoms with Gasteiger partial charge in [0.2, 0.25) is 0 Å². The fourth-order valence-corrected chi connectivity index (χ4v) is 3.33. The third-order valence-electron chi connectivity index (χ3n) is 3.66. The summed E-state index contributed by atoms with van der Waals surface area (Å²) < 4.78 is 1.14. The molecule has 4 heterocycles. The molecule has 0 unspecified atom stereocenters. The van der Waals surface area contributed by atoms with Crippen molar-refractivity contribution in [1.82, 2.24) is 20.0 Å². The van der Waals surface area contributed by atoms with Gasteiger partial charge in [0.25, 0.3) is 0 Å². The second kappa shape index (κ2) is 11.2. The molecule has 11 heteroatoms. The first-order valence-corrected chi connectivity index (χ1v) is 7.29. The number of rotatable bonds is 5. The minimum atomic E-state index is -1.21. The Morgan fingerprint density at radius 2 is 1.70 bits per heavy atom. The minimum absolute atomic E-state index is 0. The van der Waals surface area contributed by atoms with E-state index in [1.807, 2.05) is 0 Å². The summed E-state index contributed by atoms with van der Waals surface area (Å²) in [5.74, 6) is -1.21. The number of aliphatic carboxylic acids is 1. The zero-order valence-electron chi connectivity index (χ0n) is 13.3. The number of aliphatic hydroxyl groups excluding tert-OH is 1. The summed E-state index contributed by atoms with van der Waals surface area (Å²) >= 11 is 5.61. The molecule has 0 aromatic rings. The molecule has 0 aromatic heterocycles. The van der Waals surface area contributed by atoms with Gasteiger partial charge >= 0.3 is 29.6 Å². The van der Waals surface area contributed by atoms with E-state index in [9.17, 15) is 9.90 Å². The summed E-state index contributed by atoms with van der Waals surface area (Å²) in [6, 6.07) is 0. The second-order valence-corrected chi connectivity index (χ2v) is 5.96. The first kappa shape index (κ1) is 23.5. The quantitative estimate of drug-likeness (QED) is 0.279. The average molecular weight is 378 g/mol. The summed E-state index contributed by atoms with van der Waals surface area (Å²) in [7, 11) is 0. The number of nitrogens with zero attached hydrogens (tertiary/aromatic N) is 4. The van der Waals surface area contributed by atoms with Crippen molar-refractivity contribution in [2.75, 3.05) is 59.8 Å². The molecule has 2 N–H and O–H groups in total. The topological polar surface area (TPSA) is 82.1 Å². The molecule has 0 aromatic carbocycles. The van der Waals surface area contributed by atoms with Gasteiger partial charge in [0.05, 0.1) is 32.7 Å². The van der Waals surface area contributed by atoms with Crippen molar-refractivity contribution in [1.29, 1.82) is 0 Å². The molecule has 0 radical (unpaired) electrons. The monoisotopic (exact) mass is 377 g/mol. The molecule has 8 nitrogen and oxygen atoms in total. The summed E-state index contributed by atoms with van der Waals surface area (Å²) in [4.78, 5) is 17.0. The number of carboxylic acid groups (broad SMARTS) is 1. The number of nitrogens with one attached hydrogen (secondary N) is 1. The molecule has 4 aliphatic rings. The van der Waals surface area contributed by atoms with Gasteiger partial charge in [-0.2, -0.15) is 0 Å². The van der Waals surface area contributed by atoms with Gasteiger partial charge in [-0.3, -0.25) is 9.80 Å². The van der Waals surface area contributed by atoms with Crippen molar-refractivity contribution in [3.05, 3.63) is 11.6 Å². The molecule has 4 bridgehead atoms. The third kappa shape index (κ3) is 7.13. The molecule has 128 valence electrons. The van der Waals surface area contributed by atoms with Crippen molar-refractivity contribution in [2.24, 2.45) is 0 Å². The van der Waals surface area contributed by atoms with E-state index in [0.29, 0.717) is 0 Å². The number of carboxylic acids is 1. The normalized spacial score (nSPS) is 33.4. The van der Waals surface area contributed by atoms with Crippen LogP contribution in [-0.2, 0) is 4.79 Å². The molecule has 4 fully saturated rings. The molecule has 0 spiro atoms. The van der Waals surface area contributed by atoms with E-state index in [1.54, 1.807) is 5.54 Å². The average Bonchev–Trinajstić information content (AvgIpc) is 2.42. The third-order valence-corrected chi connectivity index (χ3v) is 3.84. The van der Waals surface area contributed by atoms with Crippen LogP contribution in [0, 0.1) is 0 Å². The molecule has 4 saturated heterocycles. The molecule has 0 aliphatic carbocycles. The smallest absolute Gasteiger partial charge is 1.00 e. The SMILES string of the molecule is ClC=CC[N+]12CN3CN(CN(C3)C1)C2.O=C([O-])CNCO.[Cl-].[Na+]. The van der Waals surface area contributed by atoms with E-state index in [1.165, 1.54) is 20.0 Å². The van der Waals surface area contributed by atoms with Crippen LogP contribution in [0.4, 0.5) is 0 Å². The zero-order valence-corrected chi connectivity index (χ0v) is 16.8. The van der Waals surface area contributed by atoms with Crippen molar-refractivity contribution in [3.63, 3.8) is 0 Å². The predicted molar refractivity (Wildman–Crippen MR) is 74.9 cm³/mol. The van der Waals surface area contributed by atoms with Crippen LogP contribution in [0.5, 0.6) is 0 Å². The zero-order chi connectivity index (χ0) is 15.3. The Labute approximate surface area is 169 Å². The van der Waals surface area contributed by atoms with Crippen LogP contribution < -0.4 is 52.4 Å². The largest absolute Gasteiger partial charge is 1.00 e. The van der Waals surface area contributed by atoms with Crippen LogP contribution in [0.25, 0.3) is 0 Å². The Hall–Kier alpha value is 0.550. The number of hydrogen-bond donors (Lipinski definition) is 2. The van der Waals surface area contributed by atoms with Crippen LogP contribution in [0.3, 0.4) is 0 Å². The first-order chi connectivity index (χ1) is 10.1. The maximum absolute atomic E-state index is 9.47. The van der Waals surface area contributed by atoms with Gasteiger partial charge in [-0.1, -0.05) is 11.6 Å². The van der Waals surface area contributed by atoms with Crippen LogP contribution in [-0.4, -0.2) is 90.1 Å². The first-order valence-electron chi connectivity index (χ1n) is 6.86. The van der Waals surface area contributed by atoms with Crippen LogP contribution in [0.2, 0.25) is 0 Å². The Morgan fingerprint density at radius 1 is 1.22 bits per heavy atom. The molecule has 0 amide bonds. The van der Waals surface area contributed by atoms with Gasteiger partial charge in [-0.15, -0.1) is 0 Å². The summed E-state index contributed by atoms with van der Waals surface area (Å²) in [5.41, 5.74) is 1.65. The number of halogens is 2. The Morgan fingerprint density at radius 3 is 2.00 bits per heavy atom. The molecule has 0 atom stereocenters. The Balaban J connectivity index is 0.000000474. The van der Waals surface area contributed by atoms with E-state index >= 15 is 0 Å². The van der Waals surface area contributed by atoms with Crippen LogP contribution in [0.15, 0.2) is 11.6 Å². The van der Waals surface area contributed by atoms with E-state index < -0.39 is 5.97 Å². The van der Waals surface area contributed by atoms with Crippen LogP contribution in [0.1, 0.15) is 0 Å². The summed E-state index contributed by atoms with van der Waals surface area (Å²) in [5, 5.41) is 19.5. The second-order valence-electron chi connectivity index (χ2n) is 5.70. The molecular weight excluding hydrogens is 356 g/mol. The van der Waals surface area contributed by atoms with Gasteiger partial charge < -0.3 is 27.4 Å². The van der Waals surface area contributed by atoms with Crippen molar-refractivity contribution >= 4 is 17.6 Å². The van der Waals surface area contributed by atoms with Gasteiger partial charge in [0, 0.05) is 12.1 Å². The van der Waals surface area contributed by atoms with E-state index in [-0.39, 0.29) is 55.2 Å². The fraction of sp³-hybridized carbons (Fsp3) is 0.750.